The summed E-state index contributed by atoms with van der Waals surface area (Å²) in [5.41, 5.74) is 0. The molecule has 2 rings (SSSR count). The van der Waals surface area contributed by atoms with Crippen molar-refractivity contribution in [3.63, 3.8) is 0 Å². The van der Waals surface area contributed by atoms with E-state index in [1.807, 2.05) is 0 Å². The minimum atomic E-state index is -1.14. The third-order valence-corrected chi connectivity index (χ3v) is 2.87. The van der Waals surface area contributed by atoms with Crippen LogP contribution in [0.3, 0.4) is 0 Å². The molecule has 0 bridgehead atoms. The summed E-state index contributed by atoms with van der Waals surface area (Å²) in [7, 11) is 0. The molecule has 7 nitrogen and oxygen atoms in total. The zero-order chi connectivity index (χ0) is 11.9. The number of nitrogens with zero attached hydrogens (tertiary/aromatic N) is 1. The number of amides is 3. The van der Waals surface area contributed by atoms with Crippen molar-refractivity contribution in [2.24, 2.45) is 0 Å². The number of aliphatic hydroxyl groups excluding tert-OH is 2. The van der Waals surface area contributed by atoms with Gasteiger partial charge in [0.1, 0.15) is 12.2 Å². The van der Waals surface area contributed by atoms with Crippen LogP contribution in [0, 0.1) is 0 Å². The summed E-state index contributed by atoms with van der Waals surface area (Å²) in [6, 6.07) is -0.596. The van der Waals surface area contributed by atoms with Gasteiger partial charge >= 0.3 is 6.03 Å². The van der Waals surface area contributed by atoms with E-state index in [-0.39, 0.29) is 18.9 Å². The summed E-state index contributed by atoms with van der Waals surface area (Å²) >= 11 is 0. The molecule has 3 N–H and O–H groups in total. The Kier molecular flexibility index (Phi) is 2.83. The predicted molar refractivity (Wildman–Crippen MR) is 51.2 cm³/mol. The standard InChI is InChI=1S/C9H14N2O5/c1-4-6(13)7(14)8(16-4)11-3-2-5(12)10-9(11)15/h4,6-8,13-14H,2-3H2,1H3,(H,10,12,15)/t4-,6-,7-,8-/m1/s1. The number of carbonyl (C=O) groups is 2. The van der Waals surface area contributed by atoms with E-state index in [0.717, 1.165) is 0 Å². The van der Waals surface area contributed by atoms with Crippen LogP contribution >= 0.6 is 0 Å². The van der Waals surface area contributed by atoms with E-state index in [9.17, 15) is 19.8 Å². The van der Waals surface area contributed by atoms with E-state index in [1.54, 1.807) is 6.92 Å². The lowest BCUT2D eigenvalue weighted by Gasteiger charge is -2.32. The van der Waals surface area contributed by atoms with E-state index >= 15 is 0 Å². The molecular weight excluding hydrogens is 216 g/mol. The lowest BCUT2D eigenvalue weighted by Crippen LogP contribution is -2.56. The minimum absolute atomic E-state index is 0.169. The fourth-order valence-electron chi connectivity index (χ4n) is 1.91. The average Bonchev–Trinajstić information content (AvgIpc) is 2.46. The molecule has 2 saturated heterocycles. The second-order valence-corrected chi connectivity index (χ2v) is 4.01. The molecule has 0 aliphatic carbocycles. The van der Waals surface area contributed by atoms with Crippen molar-refractivity contribution < 1.29 is 24.5 Å². The first kappa shape index (κ1) is 11.3. The number of hydrogen-bond donors (Lipinski definition) is 3. The fourth-order valence-corrected chi connectivity index (χ4v) is 1.91. The highest BCUT2D eigenvalue weighted by Crippen LogP contribution is 2.24. The van der Waals surface area contributed by atoms with Gasteiger partial charge in [0.15, 0.2) is 6.23 Å². The van der Waals surface area contributed by atoms with Gasteiger partial charge in [-0.15, -0.1) is 0 Å². The molecule has 16 heavy (non-hydrogen) atoms. The summed E-state index contributed by atoms with van der Waals surface area (Å²) < 4.78 is 5.28. The number of carbonyl (C=O) groups excluding carboxylic acids is 2. The molecule has 0 radical (unpaired) electrons. The van der Waals surface area contributed by atoms with E-state index in [1.165, 1.54) is 4.90 Å². The lowest BCUT2D eigenvalue weighted by atomic mass is 10.1. The number of aliphatic hydroxyl groups is 2. The fraction of sp³-hybridized carbons (Fsp3) is 0.778. The first-order chi connectivity index (χ1) is 7.50. The second-order valence-electron chi connectivity index (χ2n) is 4.01. The molecule has 2 fully saturated rings. The Morgan fingerprint density at radius 3 is 2.56 bits per heavy atom. The number of hydrogen-bond acceptors (Lipinski definition) is 5. The highest BCUT2D eigenvalue weighted by molar-refractivity contribution is 5.96. The minimum Gasteiger partial charge on any atom is -0.388 e. The molecule has 4 atom stereocenters. The molecule has 0 spiro atoms. The number of ether oxygens (including phenoxy) is 1. The number of imide groups is 1. The Hall–Kier alpha value is -1.18. The molecule has 0 unspecified atom stereocenters. The Morgan fingerprint density at radius 1 is 1.38 bits per heavy atom. The van der Waals surface area contributed by atoms with Crippen LogP contribution < -0.4 is 5.32 Å². The Balaban J connectivity index is 2.08. The van der Waals surface area contributed by atoms with Crippen LogP contribution in [0.1, 0.15) is 13.3 Å². The molecule has 7 heteroatoms. The normalized spacial score (nSPS) is 40.1. The topological polar surface area (TPSA) is 99.1 Å². The van der Waals surface area contributed by atoms with Gasteiger partial charge in [0.25, 0.3) is 0 Å². The Bertz CT molecular complexity index is 321. The maximum absolute atomic E-state index is 11.5. The third kappa shape index (κ3) is 1.77. The van der Waals surface area contributed by atoms with Gasteiger partial charge in [-0.1, -0.05) is 0 Å². The Labute approximate surface area is 92.0 Å². The first-order valence-electron chi connectivity index (χ1n) is 5.12. The van der Waals surface area contributed by atoms with Crippen molar-refractivity contribution in [3.8, 4) is 0 Å². The number of rotatable bonds is 1. The second kappa shape index (κ2) is 4.00. The summed E-state index contributed by atoms with van der Waals surface area (Å²) in [5.74, 6) is -0.345. The van der Waals surface area contributed by atoms with Gasteiger partial charge in [0.05, 0.1) is 6.10 Å². The van der Waals surface area contributed by atoms with Crippen molar-refractivity contribution in [2.75, 3.05) is 6.54 Å². The molecule has 0 saturated carbocycles. The van der Waals surface area contributed by atoms with E-state index in [4.69, 9.17) is 4.74 Å². The highest BCUT2D eigenvalue weighted by Gasteiger charge is 2.45. The molecule has 0 aromatic heterocycles. The van der Waals surface area contributed by atoms with Crippen LogP contribution in [0.25, 0.3) is 0 Å². The van der Waals surface area contributed by atoms with Gasteiger partial charge in [0.2, 0.25) is 5.91 Å². The van der Waals surface area contributed by atoms with Crippen molar-refractivity contribution in [1.29, 1.82) is 0 Å². The van der Waals surface area contributed by atoms with Crippen molar-refractivity contribution in [2.45, 2.75) is 37.9 Å². The molecule has 90 valence electrons. The summed E-state index contributed by atoms with van der Waals surface area (Å²) in [5, 5.41) is 21.3. The molecule has 2 heterocycles. The average molecular weight is 230 g/mol. The van der Waals surface area contributed by atoms with Crippen molar-refractivity contribution >= 4 is 11.9 Å². The van der Waals surface area contributed by atoms with Crippen molar-refractivity contribution in [1.82, 2.24) is 10.2 Å². The van der Waals surface area contributed by atoms with Crippen LogP contribution in [0.5, 0.6) is 0 Å². The first-order valence-corrected chi connectivity index (χ1v) is 5.12. The monoisotopic (exact) mass is 230 g/mol. The SMILES string of the molecule is C[C@H]1O[C@@H](N2CCC(=O)NC2=O)[C@H](O)[C@@H]1O. The molecule has 0 aromatic rings. The van der Waals surface area contributed by atoms with E-state index in [0.29, 0.717) is 0 Å². The zero-order valence-electron chi connectivity index (χ0n) is 8.79. The van der Waals surface area contributed by atoms with Gasteiger partial charge in [-0.2, -0.15) is 0 Å². The molecular formula is C9H14N2O5. The maximum Gasteiger partial charge on any atom is 0.326 e. The smallest absolute Gasteiger partial charge is 0.326 e. The van der Waals surface area contributed by atoms with Gasteiger partial charge in [-0.05, 0) is 6.92 Å². The molecule has 0 aromatic carbocycles. The van der Waals surface area contributed by atoms with E-state index < -0.39 is 30.6 Å². The number of urea groups is 1. The van der Waals surface area contributed by atoms with Gasteiger partial charge in [-0.3, -0.25) is 15.0 Å². The van der Waals surface area contributed by atoms with Gasteiger partial charge < -0.3 is 14.9 Å². The Morgan fingerprint density at radius 2 is 2.06 bits per heavy atom. The van der Waals surface area contributed by atoms with Crippen LogP contribution in [0.4, 0.5) is 4.79 Å². The molecule has 2 aliphatic rings. The van der Waals surface area contributed by atoms with Gasteiger partial charge in [-0.25, -0.2) is 4.79 Å². The summed E-state index contributed by atoms with van der Waals surface area (Å²) in [4.78, 5) is 23.6. The third-order valence-electron chi connectivity index (χ3n) is 2.87. The van der Waals surface area contributed by atoms with Crippen LogP contribution in [-0.2, 0) is 9.53 Å². The summed E-state index contributed by atoms with van der Waals surface area (Å²) in [6.45, 7) is 1.80. The molecule has 2 aliphatic heterocycles. The van der Waals surface area contributed by atoms with Crippen LogP contribution in [0.2, 0.25) is 0 Å². The quantitative estimate of drug-likeness (QED) is 0.503. The maximum atomic E-state index is 11.5. The summed E-state index contributed by atoms with van der Waals surface area (Å²) in [6.07, 6.45) is -3.42. The van der Waals surface area contributed by atoms with Crippen LogP contribution in [0.15, 0.2) is 0 Å². The largest absolute Gasteiger partial charge is 0.388 e. The zero-order valence-corrected chi connectivity index (χ0v) is 8.79. The van der Waals surface area contributed by atoms with E-state index in [2.05, 4.69) is 5.32 Å². The van der Waals surface area contributed by atoms with Crippen LogP contribution in [-0.4, -0.2) is 58.1 Å². The number of nitrogens with one attached hydrogen (secondary N) is 1. The molecule has 3 amide bonds. The van der Waals surface area contributed by atoms with Crippen molar-refractivity contribution in [3.05, 3.63) is 0 Å². The predicted octanol–water partition coefficient (Wildman–Crippen LogP) is -1.61. The lowest BCUT2D eigenvalue weighted by molar-refractivity contribution is -0.124. The highest BCUT2D eigenvalue weighted by atomic mass is 16.6. The van der Waals surface area contributed by atoms with Gasteiger partial charge in [0, 0.05) is 13.0 Å².